The van der Waals surface area contributed by atoms with E-state index in [2.05, 4.69) is 5.32 Å². The van der Waals surface area contributed by atoms with Crippen molar-refractivity contribution in [2.45, 2.75) is 11.1 Å². The van der Waals surface area contributed by atoms with Gasteiger partial charge in [-0.05, 0) is 36.8 Å². The highest BCUT2D eigenvalue weighted by molar-refractivity contribution is 7.91. The average molecular weight is 377 g/mol. The molecule has 1 N–H and O–H groups in total. The molecule has 9 heteroatoms. The number of carbonyl (C=O) groups excluding carboxylic acids is 1. The van der Waals surface area contributed by atoms with Crippen LogP contribution in [0.15, 0.2) is 34.5 Å². The van der Waals surface area contributed by atoms with Crippen LogP contribution in [0, 0.1) is 12.7 Å². The van der Waals surface area contributed by atoms with E-state index in [1.807, 2.05) is 0 Å². The lowest BCUT2D eigenvalue weighted by Crippen LogP contribution is -2.34. The molecule has 0 saturated carbocycles. The number of halogens is 2. The maximum Gasteiger partial charge on any atom is 0.252 e. The second kappa shape index (κ2) is 6.96. The summed E-state index contributed by atoms with van der Waals surface area (Å²) in [7, 11) is -2.50. The SMILES string of the molecule is Cc1ccc(F)cc1NC(=O)CN(C)S(=O)(=O)c1ccc(Cl)s1. The van der Waals surface area contributed by atoms with Crippen molar-refractivity contribution in [3.63, 3.8) is 0 Å². The molecule has 124 valence electrons. The van der Waals surface area contributed by atoms with Crippen LogP contribution in [0.1, 0.15) is 5.56 Å². The van der Waals surface area contributed by atoms with Gasteiger partial charge in [0.1, 0.15) is 10.0 Å². The van der Waals surface area contributed by atoms with Gasteiger partial charge in [0, 0.05) is 12.7 Å². The van der Waals surface area contributed by atoms with Crippen molar-refractivity contribution in [2.75, 3.05) is 18.9 Å². The fraction of sp³-hybridized carbons (Fsp3) is 0.214. The number of nitrogens with one attached hydrogen (secondary N) is 1. The quantitative estimate of drug-likeness (QED) is 0.871. The maximum atomic E-state index is 13.2. The lowest BCUT2D eigenvalue weighted by Gasteiger charge is -2.16. The minimum atomic E-state index is -3.79. The molecule has 0 bridgehead atoms. The van der Waals surface area contributed by atoms with E-state index in [1.54, 1.807) is 6.92 Å². The topological polar surface area (TPSA) is 66.5 Å². The third-order valence-electron chi connectivity index (χ3n) is 3.05. The second-order valence-corrected chi connectivity index (χ2v) is 8.81. The highest BCUT2D eigenvalue weighted by Crippen LogP contribution is 2.27. The van der Waals surface area contributed by atoms with E-state index in [0.717, 1.165) is 15.6 Å². The molecular formula is C14H14ClFN2O3S2. The Balaban J connectivity index is 2.09. The number of likely N-dealkylation sites (N-methyl/N-ethyl adjacent to an activating group) is 1. The van der Waals surface area contributed by atoms with Crippen molar-refractivity contribution >= 4 is 44.6 Å². The van der Waals surface area contributed by atoms with Crippen LogP contribution in [0.25, 0.3) is 0 Å². The standard InChI is InChI=1S/C14H14ClFN2O3S2/c1-9-3-4-10(16)7-11(9)17-13(19)8-18(2)23(20,21)14-6-5-12(15)22-14/h3-7H,8H2,1-2H3,(H,17,19). The second-order valence-electron chi connectivity index (χ2n) is 4.83. The van der Waals surface area contributed by atoms with Crippen LogP contribution in [0.4, 0.5) is 10.1 Å². The highest BCUT2D eigenvalue weighted by atomic mass is 35.5. The molecular weight excluding hydrogens is 363 g/mol. The number of rotatable bonds is 5. The summed E-state index contributed by atoms with van der Waals surface area (Å²) in [5.41, 5.74) is 0.982. The first-order chi connectivity index (χ1) is 10.7. The van der Waals surface area contributed by atoms with Gasteiger partial charge in [-0.2, -0.15) is 4.31 Å². The molecule has 2 rings (SSSR count). The molecule has 1 heterocycles. The Morgan fingerprint density at radius 3 is 2.65 bits per heavy atom. The van der Waals surface area contributed by atoms with Crippen LogP contribution >= 0.6 is 22.9 Å². The molecule has 0 radical (unpaired) electrons. The number of aryl methyl sites for hydroxylation is 1. The smallest absolute Gasteiger partial charge is 0.252 e. The molecule has 1 aromatic carbocycles. The zero-order valence-electron chi connectivity index (χ0n) is 12.3. The van der Waals surface area contributed by atoms with Crippen molar-refractivity contribution in [3.05, 3.63) is 46.0 Å². The summed E-state index contributed by atoms with van der Waals surface area (Å²) in [6.45, 7) is 1.32. The van der Waals surface area contributed by atoms with Crippen molar-refractivity contribution in [1.82, 2.24) is 4.31 Å². The van der Waals surface area contributed by atoms with E-state index in [4.69, 9.17) is 11.6 Å². The van der Waals surface area contributed by atoms with Gasteiger partial charge in [0.05, 0.1) is 10.9 Å². The molecule has 23 heavy (non-hydrogen) atoms. The number of anilines is 1. The number of hydrogen-bond acceptors (Lipinski definition) is 4. The lowest BCUT2D eigenvalue weighted by molar-refractivity contribution is -0.116. The number of nitrogens with zero attached hydrogens (tertiary/aromatic N) is 1. The molecule has 1 aromatic heterocycles. The Hall–Kier alpha value is -1.48. The van der Waals surface area contributed by atoms with Gasteiger partial charge in [0.15, 0.2) is 0 Å². The summed E-state index contributed by atoms with van der Waals surface area (Å²) in [6.07, 6.45) is 0. The maximum absolute atomic E-state index is 13.2. The summed E-state index contributed by atoms with van der Waals surface area (Å²) in [5, 5.41) is 2.50. The predicted molar refractivity (Wildman–Crippen MR) is 88.9 cm³/mol. The van der Waals surface area contributed by atoms with Crippen molar-refractivity contribution in [1.29, 1.82) is 0 Å². The molecule has 0 aliphatic rings. The molecule has 0 aliphatic carbocycles. The van der Waals surface area contributed by atoms with Gasteiger partial charge < -0.3 is 5.32 Å². The third kappa shape index (κ3) is 4.29. The fourth-order valence-electron chi connectivity index (χ4n) is 1.80. The molecule has 0 atom stereocenters. The molecule has 0 spiro atoms. The van der Waals surface area contributed by atoms with E-state index in [1.165, 1.54) is 37.4 Å². The third-order valence-corrected chi connectivity index (χ3v) is 6.56. The minimum absolute atomic E-state index is 0.0553. The lowest BCUT2D eigenvalue weighted by atomic mass is 10.2. The zero-order chi connectivity index (χ0) is 17.2. The summed E-state index contributed by atoms with van der Waals surface area (Å²) < 4.78 is 39.1. The van der Waals surface area contributed by atoms with E-state index < -0.39 is 28.3 Å². The van der Waals surface area contributed by atoms with Gasteiger partial charge in [-0.3, -0.25) is 4.79 Å². The number of amides is 1. The summed E-state index contributed by atoms with van der Waals surface area (Å²) >= 11 is 6.65. The van der Waals surface area contributed by atoms with Crippen molar-refractivity contribution < 1.29 is 17.6 Å². The molecule has 0 saturated heterocycles. The van der Waals surface area contributed by atoms with Crippen molar-refractivity contribution in [2.24, 2.45) is 0 Å². The van der Waals surface area contributed by atoms with E-state index in [9.17, 15) is 17.6 Å². The van der Waals surface area contributed by atoms with Crippen LogP contribution < -0.4 is 5.32 Å². The summed E-state index contributed by atoms with van der Waals surface area (Å²) in [4.78, 5) is 12.0. The molecule has 2 aromatic rings. The summed E-state index contributed by atoms with van der Waals surface area (Å²) in [5.74, 6) is -1.05. The Labute approximate surface area is 142 Å². The first-order valence-corrected chi connectivity index (χ1v) is 9.11. The largest absolute Gasteiger partial charge is 0.325 e. The number of benzene rings is 1. The minimum Gasteiger partial charge on any atom is -0.325 e. The summed E-state index contributed by atoms with van der Waals surface area (Å²) in [6, 6.07) is 6.85. The molecule has 0 aliphatic heterocycles. The Bertz CT molecular complexity index is 836. The Morgan fingerprint density at radius 2 is 2.04 bits per heavy atom. The molecule has 5 nitrogen and oxygen atoms in total. The zero-order valence-corrected chi connectivity index (χ0v) is 14.7. The number of carbonyl (C=O) groups is 1. The van der Waals surface area contributed by atoms with Gasteiger partial charge in [-0.1, -0.05) is 17.7 Å². The number of hydrogen-bond donors (Lipinski definition) is 1. The Morgan fingerprint density at radius 1 is 1.35 bits per heavy atom. The van der Waals surface area contributed by atoms with E-state index in [-0.39, 0.29) is 4.21 Å². The van der Waals surface area contributed by atoms with E-state index in [0.29, 0.717) is 15.6 Å². The fourth-order valence-corrected chi connectivity index (χ4v) is 4.62. The van der Waals surface area contributed by atoms with Crippen LogP contribution in [0.3, 0.4) is 0 Å². The number of thiophene rings is 1. The Kier molecular flexibility index (Phi) is 5.41. The first-order valence-electron chi connectivity index (χ1n) is 6.48. The van der Waals surface area contributed by atoms with Gasteiger partial charge in [0.2, 0.25) is 5.91 Å². The van der Waals surface area contributed by atoms with Gasteiger partial charge in [-0.15, -0.1) is 11.3 Å². The van der Waals surface area contributed by atoms with E-state index >= 15 is 0 Å². The first kappa shape index (κ1) is 17.9. The molecule has 1 amide bonds. The van der Waals surface area contributed by atoms with Gasteiger partial charge in [-0.25, -0.2) is 12.8 Å². The van der Waals surface area contributed by atoms with Gasteiger partial charge >= 0.3 is 0 Å². The monoisotopic (exact) mass is 376 g/mol. The van der Waals surface area contributed by atoms with Crippen LogP contribution in [-0.2, 0) is 14.8 Å². The van der Waals surface area contributed by atoms with Crippen LogP contribution in [-0.4, -0.2) is 32.2 Å². The van der Waals surface area contributed by atoms with Crippen LogP contribution in [0.2, 0.25) is 4.34 Å². The highest BCUT2D eigenvalue weighted by Gasteiger charge is 2.24. The molecule has 0 fully saturated rings. The average Bonchev–Trinajstić information content (AvgIpc) is 2.90. The van der Waals surface area contributed by atoms with Crippen LogP contribution in [0.5, 0.6) is 0 Å². The normalized spacial score (nSPS) is 11.7. The van der Waals surface area contributed by atoms with Crippen molar-refractivity contribution in [3.8, 4) is 0 Å². The molecule has 0 unspecified atom stereocenters. The number of sulfonamides is 1. The predicted octanol–water partition coefficient (Wildman–Crippen LogP) is 3.11. The van der Waals surface area contributed by atoms with Gasteiger partial charge in [0.25, 0.3) is 10.0 Å².